The minimum Gasteiger partial charge on any atom is -0.461 e. The summed E-state index contributed by atoms with van der Waals surface area (Å²) in [5.41, 5.74) is 1.11. The Morgan fingerprint density at radius 1 is 1.07 bits per heavy atom. The maximum absolute atomic E-state index is 16.8. The molecular weight excluding hydrogens is 567 g/mol. The van der Waals surface area contributed by atoms with Crippen LogP contribution in [-0.4, -0.2) is 83.0 Å². The molecule has 4 aromatic rings. The molecule has 7 heterocycles. The number of nitrogens with zero attached hydrogens (tertiary/aromatic N) is 5. The van der Waals surface area contributed by atoms with Crippen molar-refractivity contribution >= 4 is 27.5 Å². The molecule has 8 nitrogen and oxygen atoms in total. The molecule has 5 atom stereocenters. The second-order valence-electron chi connectivity index (χ2n) is 13.3. The predicted octanol–water partition coefficient (Wildman–Crippen LogP) is 4.66. The smallest absolute Gasteiger partial charge is 0.319 e. The van der Waals surface area contributed by atoms with Gasteiger partial charge < -0.3 is 20.3 Å². The van der Waals surface area contributed by atoms with Crippen LogP contribution in [0.15, 0.2) is 36.5 Å². The SMILES string of the molecule is Fc1c(-c2cc([C@H]3CN3)cc3cccc(F)c23)ncc2c(N3CC4CCC(C3)N4)nc(OC[C@@]34CCCN3C[C@H](F)C4)nc12. The first-order valence-corrected chi connectivity index (χ1v) is 15.8. The van der Waals surface area contributed by atoms with Crippen LogP contribution in [0.5, 0.6) is 6.01 Å². The van der Waals surface area contributed by atoms with Crippen molar-refractivity contribution in [3.8, 4) is 17.3 Å². The molecule has 5 aliphatic rings. The van der Waals surface area contributed by atoms with Gasteiger partial charge in [-0.1, -0.05) is 12.1 Å². The van der Waals surface area contributed by atoms with Gasteiger partial charge in [-0.15, -0.1) is 0 Å². The van der Waals surface area contributed by atoms with E-state index < -0.39 is 17.8 Å². The average Bonchev–Trinajstić information content (AvgIpc) is 3.63. The summed E-state index contributed by atoms with van der Waals surface area (Å²) in [5, 5.41) is 8.45. The number of nitrogens with one attached hydrogen (secondary N) is 2. The van der Waals surface area contributed by atoms with Crippen molar-refractivity contribution in [1.82, 2.24) is 30.5 Å². The molecule has 2 aromatic carbocycles. The molecule has 0 spiro atoms. The lowest BCUT2D eigenvalue weighted by Crippen LogP contribution is -2.51. The standard InChI is InChI=1S/C33H34F3N7O/c34-20-11-33(7-2-8-43(33)14-20)17-44-32-40-30-24(31(41-32)42-15-21-5-6-22(16-42)39-21)12-38-29(28(30)36)23-10-19(26-13-37-26)9-18-3-1-4-25(35)27(18)23/h1,3-4,9-10,12,20-22,26,37,39H,2,5-8,11,13-17H2/t20-,21?,22?,26-,33+/m1/s1. The van der Waals surface area contributed by atoms with E-state index >= 15 is 8.78 Å². The summed E-state index contributed by atoms with van der Waals surface area (Å²) < 4.78 is 52.9. The zero-order chi connectivity index (χ0) is 29.6. The molecule has 5 fully saturated rings. The quantitative estimate of drug-likeness (QED) is 0.309. The lowest BCUT2D eigenvalue weighted by molar-refractivity contribution is 0.107. The van der Waals surface area contributed by atoms with E-state index in [0.29, 0.717) is 52.6 Å². The minimum atomic E-state index is -0.883. The summed E-state index contributed by atoms with van der Waals surface area (Å²) in [6.07, 6.45) is 5.16. The lowest BCUT2D eigenvalue weighted by Gasteiger charge is -2.34. The van der Waals surface area contributed by atoms with Gasteiger partial charge in [-0.3, -0.25) is 9.88 Å². The highest BCUT2D eigenvalue weighted by Crippen LogP contribution is 2.42. The highest BCUT2D eigenvalue weighted by molar-refractivity contribution is 6.00. The molecule has 2 N–H and O–H groups in total. The Morgan fingerprint density at radius 3 is 2.73 bits per heavy atom. The van der Waals surface area contributed by atoms with Gasteiger partial charge in [0.1, 0.15) is 35.6 Å². The van der Waals surface area contributed by atoms with Crippen LogP contribution in [0.1, 0.15) is 43.7 Å². The van der Waals surface area contributed by atoms with Crippen molar-refractivity contribution in [3.63, 3.8) is 0 Å². The fourth-order valence-corrected chi connectivity index (χ4v) is 8.22. The maximum Gasteiger partial charge on any atom is 0.319 e. The summed E-state index contributed by atoms with van der Waals surface area (Å²) in [6, 6.07) is 9.57. The fourth-order valence-electron chi connectivity index (χ4n) is 8.22. The normalized spacial score (nSPS) is 29.6. The van der Waals surface area contributed by atoms with E-state index in [4.69, 9.17) is 9.72 Å². The van der Waals surface area contributed by atoms with Gasteiger partial charge in [-0.25, -0.2) is 13.2 Å². The van der Waals surface area contributed by atoms with Gasteiger partial charge in [0, 0.05) is 67.9 Å². The van der Waals surface area contributed by atoms with E-state index in [-0.39, 0.29) is 35.4 Å². The number of piperazine rings is 1. The van der Waals surface area contributed by atoms with Crippen LogP contribution in [0, 0.1) is 11.6 Å². The zero-order valence-corrected chi connectivity index (χ0v) is 24.3. The third kappa shape index (κ3) is 4.34. The molecule has 0 amide bonds. The number of benzene rings is 2. The highest BCUT2D eigenvalue weighted by atomic mass is 19.1. The van der Waals surface area contributed by atoms with Crippen molar-refractivity contribution in [2.45, 2.75) is 61.9 Å². The number of rotatable bonds is 6. The molecule has 2 aromatic heterocycles. The zero-order valence-electron chi connectivity index (χ0n) is 24.3. The number of hydrogen-bond acceptors (Lipinski definition) is 8. The molecule has 2 bridgehead atoms. The molecule has 2 unspecified atom stereocenters. The number of hydrogen-bond donors (Lipinski definition) is 2. The Labute approximate surface area is 253 Å². The first-order valence-electron chi connectivity index (χ1n) is 15.8. The Balaban J connectivity index is 1.18. The van der Waals surface area contributed by atoms with Gasteiger partial charge in [-0.2, -0.15) is 9.97 Å². The minimum absolute atomic E-state index is 0.0442. The Morgan fingerprint density at radius 2 is 1.91 bits per heavy atom. The summed E-state index contributed by atoms with van der Waals surface area (Å²) >= 11 is 0. The predicted molar refractivity (Wildman–Crippen MR) is 162 cm³/mol. The Bertz CT molecular complexity index is 1790. The summed E-state index contributed by atoms with van der Waals surface area (Å²) in [7, 11) is 0. The van der Waals surface area contributed by atoms with Crippen LogP contribution in [0.4, 0.5) is 19.0 Å². The van der Waals surface area contributed by atoms with Gasteiger partial charge in [0.2, 0.25) is 0 Å². The monoisotopic (exact) mass is 601 g/mol. The third-order valence-corrected chi connectivity index (χ3v) is 10.4. The van der Waals surface area contributed by atoms with E-state index in [0.717, 1.165) is 57.4 Å². The van der Waals surface area contributed by atoms with E-state index in [1.54, 1.807) is 12.3 Å². The fraction of sp³-hybridized carbons (Fsp3) is 0.485. The molecule has 0 saturated carbocycles. The van der Waals surface area contributed by atoms with Gasteiger partial charge in [0.25, 0.3) is 0 Å². The number of fused-ring (bicyclic) bond motifs is 5. The third-order valence-electron chi connectivity index (χ3n) is 10.4. The topological polar surface area (TPSA) is 88.3 Å². The molecule has 11 heteroatoms. The van der Waals surface area contributed by atoms with Crippen LogP contribution in [-0.2, 0) is 0 Å². The molecular formula is C33H34F3N7O. The largest absolute Gasteiger partial charge is 0.461 e. The van der Waals surface area contributed by atoms with E-state index in [2.05, 4.69) is 30.4 Å². The summed E-state index contributed by atoms with van der Waals surface area (Å²) in [4.78, 5) is 18.4. The number of anilines is 1. The van der Waals surface area contributed by atoms with Crippen molar-refractivity contribution in [2.75, 3.05) is 44.2 Å². The van der Waals surface area contributed by atoms with Crippen molar-refractivity contribution in [1.29, 1.82) is 0 Å². The molecule has 0 radical (unpaired) electrons. The average molecular weight is 602 g/mol. The number of pyridine rings is 1. The number of aromatic nitrogens is 3. The van der Waals surface area contributed by atoms with E-state index in [1.165, 1.54) is 6.07 Å². The molecule has 9 rings (SSSR count). The van der Waals surface area contributed by atoms with Gasteiger partial charge in [-0.05, 0) is 61.4 Å². The molecule has 0 aliphatic carbocycles. The van der Waals surface area contributed by atoms with Crippen LogP contribution < -0.4 is 20.3 Å². The molecule has 5 saturated heterocycles. The Kier molecular flexibility index (Phi) is 6.09. The van der Waals surface area contributed by atoms with Crippen LogP contribution >= 0.6 is 0 Å². The van der Waals surface area contributed by atoms with Crippen molar-refractivity contribution in [3.05, 3.63) is 53.7 Å². The molecule has 228 valence electrons. The van der Waals surface area contributed by atoms with Crippen LogP contribution in [0.2, 0.25) is 0 Å². The second-order valence-corrected chi connectivity index (χ2v) is 13.3. The van der Waals surface area contributed by atoms with Crippen molar-refractivity contribution in [2.24, 2.45) is 0 Å². The van der Waals surface area contributed by atoms with Gasteiger partial charge >= 0.3 is 6.01 Å². The highest BCUT2D eigenvalue weighted by Gasteiger charge is 2.49. The van der Waals surface area contributed by atoms with E-state index in [9.17, 15) is 4.39 Å². The van der Waals surface area contributed by atoms with Gasteiger partial charge in [0.05, 0.1) is 10.9 Å². The summed E-state index contributed by atoms with van der Waals surface area (Å²) in [6.45, 7) is 3.80. The first-order chi connectivity index (χ1) is 21.4. The molecule has 5 aliphatic heterocycles. The lowest BCUT2D eigenvalue weighted by atomic mass is 9.95. The first kappa shape index (κ1) is 26.8. The Hall–Kier alpha value is -3.54. The van der Waals surface area contributed by atoms with Crippen molar-refractivity contribution < 1.29 is 17.9 Å². The molecule has 44 heavy (non-hydrogen) atoms. The van der Waals surface area contributed by atoms with Crippen LogP contribution in [0.25, 0.3) is 32.9 Å². The second kappa shape index (κ2) is 9.98. The number of alkyl halides is 1. The number of ether oxygens (including phenoxy) is 1. The van der Waals surface area contributed by atoms with Gasteiger partial charge in [0.15, 0.2) is 5.82 Å². The number of halogens is 3. The maximum atomic E-state index is 16.8. The van der Waals surface area contributed by atoms with E-state index in [1.807, 2.05) is 18.2 Å². The summed E-state index contributed by atoms with van der Waals surface area (Å²) in [5.74, 6) is -0.477. The van der Waals surface area contributed by atoms with Crippen LogP contribution in [0.3, 0.4) is 0 Å².